The van der Waals surface area contributed by atoms with E-state index in [0.717, 1.165) is 0 Å². The van der Waals surface area contributed by atoms with Gasteiger partial charge >= 0.3 is 0 Å². The van der Waals surface area contributed by atoms with E-state index in [2.05, 4.69) is 4.98 Å². The Morgan fingerprint density at radius 1 is 1.39 bits per heavy atom. The summed E-state index contributed by atoms with van der Waals surface area (Å²) in [5.74, 6) is 0. The zero-order chi connectivity index (χ0) is 13.1. The molecule has 1 aromatic heterocycles. The van der Waals surface area contributed by atoms with E-state index >= 15 is 0 Å². The Bertz CT molecular complexity index is 654. The van der Waals surface area contributed by atoms with Gasteiger partial charge in [0.25, 0.3) is 11.2 Å². The molecule has 7 heteroatoms. The second-order valence-electron chi connectivity index (χ2n) is 3.56. The van der Waals surface area contributed by atoms with Crippen LogP contribution in [-0.4, -0.2) is 14.5 Å². The molecule has 2 aromatic rings. The van der Waals surface area contributed by atoms with Crippen LogP contribution >= 0.6 is 22.6 Å². The van der Waals surface area contributed by atoms with Crippen molar-refractivity contribution in [3.05, 3.63) is 66.4 Å². The van der Waals surface area contributed by atoms with Crippen molar-refractivity contribution in [2.45, 2.75) is 6.54 Å². The van der Waals surface area contributed by atoms with Crippen LogP contribution < -0.4 is 5.56 Å². The standard InChI is InChI=1S/C11H8IN3O3/c12-9-5-13-7-14(11(9)16)6-8-3-1-2-4-10(8)15(17)18/h1-5,7H,6H2. The van der Waals surface area contributed by atoms with E-state index in [1.807, 2.05) is 22.6 Å². The molecule has 0 unspecified atom stereocenters. The van der Waals surface area contributed by atoms with Gasteiger partial charge in [0.2, 0.25) is 0 Å². The lowest BCUT2D eigenvalue weighted by Gasteiger charge is -2.05. The molecule has 0 spiro atoms. The summed E-state index contributed by atoms with van der Waals surface area (Å²) in [5.41, 5.74) is 0.278. The molecule has 0 amide bonds. The molecule has 0 saturated heterocycles. The van der Waals surface area contributed by atoms with E-state index in [9.17, 15) is 14.9 Å². The summed E-state index contributed by atoms with van der Waals surface area (Å²) in [6.07, 6.45) is 2.83. The number of rotatable bonds is 3. The maximum Gasteiger partial charge on any atom is 0.274 e. The highest BCUT2D eigenvalue weighted by Crippen LogP contribution is 2.18. The number of hydrogen-bond donors (Lipinski definition) is 0. The van der Waals surface area contributed by atoms with E-state index < -0.39 is 4.92 Å². The van der Waals surface area contributed by atoms with E-state index in [0.29, 0.717) is 9.13 Å². The average molecular weight is 357 g/mol. The van der Waals surface area contributed by atoms with Crippen molar-refractivity contribution in [3.8, 4) is 0 Å². The van der Waals surface area contributed by atoms with Crippen molar-refractivity contribution in [1.29, 1.82) is 0 Å². The van der Waals surface area contributed by atoms with Crippen LogP contribution in [0.2, 0.25) is 0 Å². The van der Waals surface area contributed by atoms with E-state index in [1.54, 1.807) is 18.2 Å². The van der Waals surface area contributed by atoms with Gasteiger partial charge in [-0.25, -0.2) is 4.98 Å². The van der Waals surface area contributed by atoms with Gasteiger partial charge in [-0.05, 0) is 22.6 Å². The van der Waals surface area contributed by atoms with Crippen molar-refractivity contribution < 1.29 is 4.92 Å². The second kappa shape index (κ2) is 5.25. The smallest absolute Gasteiger partial charge is 0.274 e. The summed E-state index contributed by atoms with van der Waals surface area (Å²) in [7, 11) is 0. The lowest BCUT2D eigenvalue weighted by molar-refractivity contribution is -0.385. The van der Waals surface area contributed by atoms with Crippen molar-refractivity contribution in [3.63, 3.8) is 0 Å². The lowest BCUT2D eigenvalue weighted by atomic mass is 10.2. The molecule has 0 saturated carbocycles. The molecular formula is C11H8IN3O3. The minimum Gasteiger partial charge on any atom is -0.294 e. The normalized spacial score (nSPS) is 10.3. The van der Waals surface area contributed by atoms with Gasteiger partial charge in [0.1, 0.15) is 0 Å². The van der Waals surface area contributed by atoms with Crippen LogP contribution in [0.25, 0.3) is 0 Å². The quantitative estimate of drug-likeness (QED) is 0.477. The first kappa shape index (κ1) is 12.7. The third-order valence-electron chi connectivity index (χ3n) is 2.39. The van der Waals surface area contributed by atoms with E-state index in [1.165, 1.54) is 23.2 Å². The molecular weight excluding hydrogens is 349 g/mol. The number of hydrogen-bond acceptors (Lipinski definition) is 4. The Balaban J connectivity index is 2.44. The third kappa shape index (κ3) is 2.55. The first-order valence-electron chi connectivity index (χ1n) is 5.02. The predicted molar refractivity (Wildman–Crippen MR) is 73.4 cm³/mol. The molecule has 0 aliphatic carbocycles. The Morgan fingerprint density at radius 3 is 2.83 bits per heavy atom. The van der Waals surface area contributed by atoms with Crippen LogP contribution in [0.5, 0.6) is 0 Å². The molecule has 18 heavy (non-hydrogen) atoms. The molecule has 1 aromatic carbocycles. The van der Waals surface area contributed by atoms with Gasteiger partial charge in [0, 0.05) is 17.8 Å². The summed E-state index contributed by atoms with van der Waals surface area (Å²) in [4.78, 5) is 26.1. The maximum atomic E-state index is 11.8. The fraction of sp³-hybridized carbons (Fsp3) is 0.0909. The fourth-order valence-electron chi connectivity index (χ4n) is 1.54. The Hall–Kier alpha value is -1.77. The van der Waals surface area contributed by atoms with Crippen molar-refractivity contribution in [2.24, 2.45) is 0 Å². The summed E-state index contributed by atoms with van der Waals surface area (Å²) in [6, 6.07) is 6.35. The minimum absolute atomic E-state index is 0.00302. The topological polar surface area (TPSA) is 78.0 Å². The van der Waals surface area contributed by atoms with Crippen LogP contribution in [0.3, 0.4) is 0 Å². The van der Waals surface area contributed by atoms with Gasteiger partial charge in [-0.15, -0.1) is 0 Å². The fourth-order valence-corrected chi connectivity index (χ4v) is 2.01. The molecule has 0 N–H and O–H groups in total. The SMILES string of the molecule is O=c1c(I)cncn1Cc1ccccc1[N+](=O)[O-]. The molecule has 6 nitrogen and oxygen atoms in total. The van der Waals surface area contributed by atoms with Gasteiger partial charge in [-0.3, -0.25) is 19.5 Å². The van der Waals surface area contributed by atoms with Gasteiger partial charge in [0.15, 0.2) is 0 Å². The zero-order valence-corrected chi connectivity index (χ0v) is 11.3. The first-order chi connectivity index (χ1) is 8.59. The van der Waals surface area contributed by atoms with Gasteiger partial charge in [-0.1, -0.05) is 18.2 Å². The molecule has 0 aliphatic heterocycles. The highest BCUT2D eigenvalue weighted by molar-refractivity contribution is 14.1. The molecule has 1 heterocycles. The van der Waals surface area contributed by atoms with Crippen LogP contribution in [0.1, 0.15) is 5.56 Å². The molecule has 0 aliphatic rings. The summed E-state index contributed by atoms with van der Waals surface area (Å²) >= 11 is 1.89. The number of benzene rings is 1. The summed E-state index contributed by atoms with van der Waals surface area (Å²) in [6.45, 7) is 0.139. The largest absolute Gasteiger partial charge is 0.294 e. The number of para-hydroxylation sites is 1. The van der Waals surface area contributed by atoms with Crippen LogP contribution in [-0.2, 0) is 6.54 Å². The molecule has 0 bridgehead atoms. The average Bonchev–Trinajstić information content (AvgIpc) is 2.35. The second-order valence-corrected chi connectivity index (χ2v) is 4.72. The molecule has 0 radical (unpaired) electrons. The number of nitro benzene ring substituents is 1. The van der Waals surface area contributed by atoms with Crippen molar-refractivity contribution in [1.82, 2.24) is 9.55 Å². The van der Waals surface area contributed by atoms with Gasteiger partial charge in [-0.2, -0.15) is 0 Å². The van der Waals surface area contributed by atoms with Crippen LogP contribution in [0.15, 0.2) is 41.6 Å². The van der Waals surface area contributed by atoms with Crippen molar-refractivity contribution in [2.75, 3.05) is 0 Å². The summed E-state index contributed by atoms with van der Waals surface area (Å²) in [5, 5.41) is 10.9. The summed E-state index contributed by atoms with van der Waals surface area (Å²) < 4.78 is 1.83. The Morgan fingerprint density at radius 2 is 2.11 bits per heavy atom. The molecule has 92 valence electrons. The first-order valence-corrected chi connectivity index (χ1v) is 6.09. The number of halogens is 1. The monoisotopic (exact) mass is 357 g/mol. The van der Waals surface area contributed by atoms with Crippen molar-refractivity contribution >= 4 is 28.3 Å². The number of nitrogens with zero attached hydrogens (tertiary/aromatic N) is 3. The molecule has 0 fully saturated rings. The highest BCUT2D eigenvalue weighted by Gasteiger charge is 2.13. The predicted octanol–water partition coefficient (Wildman–Crippen LogP) is 1.80. The van der Waals surface area contributed by atoms with Gasteiger partial charge < -0.3 is 0 Å². The Kier molecular flexibility index (Phi) is 3.70. The maximum absolute atomic E-state index is 11.8. The number of aromatic nitrogens is 2. The van der Waals surface area contributed by atoms with Gasteiger partial charge in [0.05, 0.1) is 21.4 Å². The molecule has 2 rings (SSSR count). The van der Waals surface area contributed by atoms with E-state index in [4.69, 9.17) is 0 Å². The zero-order valence-electron chi connectivity index (χ0n) is 9.12. The third-order valence-corrected chi connectivity index (χ3v) is 3.13. The Labute approximate surface area is 116 Å². The van der Waals surface area contributed by atoms with Crippen LogP contribution in [0.4, 0.5) is 5.69 Å². The molecule has 0 atom stereocenters. The van der Waals surface area contributed by atoms with Crippen LogP contribution in [0, 0.1) is 13.7 Å². The minimum atomic E-state index is -0.457. The lowest BCUT2D eigenvalue weighted by Crippen LogP contribution is -2.23. The number of nitro groups is 1. The highest BCUT2D eigenvalue weighted by atomic mass is 127. The van der Waals surface area contributed by atoms with E-state index in [-0.39, 0.29) is 17.8 Å².